The summed E-state index contributed by atoms with van der Waals surface area (Å²) in [6.45, 7) is 1.81. The number of carbonyl (C=O) groups excluding carboxylic acids is 2. The summed E-state index contributed by atoms with van der Waals surface area (Å²) < 4.78 is 11.3. The van der Waals surface area contributed by atoms with E-state index >= 15 is 0 Å². The van der Waals surface area contributed by atoms with Gasteiger partial charge in [-0.2, -0.15) is 0 Å². The van der Waals surface area contributed by atoms with E-state index < -0.39 is 23.9 Å². The fraction of sp³-hybridized carbons (Fsp3) is 0.400. The molecule has 1 aliphatic heterocycles. The second-order valence-electron chi connectivity index (χ2n) is 10.1. The number of phenolic OH excluding ortho intramolecular Hbond substituents is 1. The largest absolute Gasteiger partial charge is 0.504 e. The molecule has 39 heavy (non-hydrogen) atoms. The third-order valence-electron chi connectivity index (χ3n) is 7.57. The zero-order valence-electron chi connectivity index (χ0n) is 22.3. The van der Waals surface area contributed by atoms with Crippen LogP contribution in [0.25, 0.3) is 6.08 Å². The van der Waals surface area contributed by atoms with Gasteiger partial charge in [-0.1, -0.05) is 29.8 Å². The molecule has 0 bridgehead atoms. The summed E-state index contributed by atoms with van der Waals surface area (Å²) in [4.78, 5) is 28.1. The van der Waals surface area contributed by atoms with E-state index in [0.29, 0.717) is 39.8 Å². The van der Waals surface area contributed by atoms with E-state index in [1.165, 1.54) is 12.0 Å². The number of aliphatic hydroxyl groups is 2. The molecule has 0 radical (unpaired) electrons. The second kappa shape index (κ2) is 12.6. The summed E-state index contributed by atoms with van der Waals surface area (Å²) in [5.74, 6) is -2.17. The quantitative estimate of drug-likeness (QED) is 0.200. The van der Waals surface area contributed by atoms with Crippen LogP contribution in [0.3, 0.4) is 0 Å². The normalized spacial score (nSPS) is 22.4. The smallest absolute Gasteiger partial charge is 0.238 e. The van der Waals surface area contributed by atoms with E-state index in [2.05, 4.69) is 0 Å². The lowest BCUT2D eigenvalue weighted by atomic mass is 9.68. The van der Waals surface area contributed by atoms with Crippen LogP contribution in [-0.4, -0.2) is 60.7 Å². The number of methoxy groups -OCH3 is 2. The van der Waals surface area contributed by atoms with E-state index in [-0.39, 0.29) is 30.8 Å². The Morgan fingerprint density at radius 2 is 1.90 bits per heavy atom. The topological polar surface area (TPSA) is 117 Å². The molecule has 208 valence electrons. The van der Waals surface area contributed by atoms with Crippen molar-refractivity contribution in [3.63, 3.8) is 0 Å². The molecule has 0 aromatic heterocycles. The molecule has 9 heteroatoms. The molecule has 2 amide bonds. The van der Waals surface area contributed by atoms with Gasteiger partial charge in [0.05, 0.1) is 47.5 Å². The van der Waals surface area contributed by atoms with E-state index in [0.717, 1.165) is 16.7 Å². The lowest BCUT2D eigenvalue weighted by Crippen LogP contribution is -2.39. The number of halogens is 1. The second-order valence-corrected chi connectivity index (χ2v) is 11.2. The van der Waals surface area contributed by atoms with E-state index in [1.54, 1.807) is 37.4 Å². The highest BCUT2D eigenvalue weighted by Crippen LogP contribution is 2.47. The van der Waals surface area contributed by atoms with Crippen LogP contribution in [0.4, 0.5) is 5.69 Å². The molecule has 1 saturated heterocycles. The summed E-state index contributed by atoms with van der Waals surface area (Å²) in [5, 5.41) is 32.0. The fourth-order valence-electron chi connectivity index (χ4n) is 5.81. The molecule has 2 aliphatic rings. The summed E-state index contributed by atoms with van der Waals surface area (Å²) in [5.41, 5.74) is 3.75. The summed E-state index contributed by atoms with van der Waals surface area (Å²) >= 11 is 2.05. The van der Waals surface area contributed by atoms with E-state index in [4.69, 9.17) is 9.47 Å². The highest BCUT2D eigenvalue weighted by molar-refractivity contribution is 14.1. The number of amides is 2. The van der Waals surface area contributed by atoms with Gasteiger partial charge in [0, 0.05) is 13.0 Å². The molecule has 2 aromatic carbocycles. The van der Waals surface area contributed by atoms with Gasteiger partial charge in [0.1, 0.15) is 0 Å². The molecule has 1 heterocycles. The van der Waals surface area contributed by atoms with Crippen molar-refractivity contribution in [1.82, 2.24) is 0 Å². The minimum atomic E-state index is -0.917. The Morgan fingerprint density at radius 3 is 2.54 bits per heavy atom. The Labute approximate surface area is 242 Å². The molecular formula is C30H34INO7. The number of anilines is 1. The predicted octanol–water partition coefficient (Wildman–Crippen LogP) is 4.31. The van der Waals surface area contributed by atoms with Crippen molar-refractivity contribution in [2.24, 2.45) is 17.8 Å². The van der Waals surface area contributed by atoms with Gasteiger partial charge >= 0.3 is 0 Å². The number of fused-ring (bicyclic) bond motifs is 1. The first-order valence-corrected chi connectivity index (χ1v) is 14.0. The van der Waals surface area contributed by atoms with Crippen LogP contribution in [0.2, 0.25) is 0 Å². The van der Waals surface area contributed by atoms with Crippen LogP contribution in [-0.2, 0) is 14.3 Å². The maximum absolute atomic E-state index is 13.5. The van der Waals surface area contributed by atoms with E-state index in [1.807, 2.05) is 47.7 Å². The maximum Gasteiger partial charge on any atom is 0.238 e. The van der Waals surface area contributed by atoms with Crippen molar-refractivity contribution in [3.8, 4) is 11.5 Å². The van der Waals surface area contributed by atoms with Gasteiger partial charge in [-0.25, -0.2) is 0 Å². The molecule has 1 aliphatic carbocycles. The first-order chi connectivity index (χ1) is 18.7. The van der Waals surface area contributed by atoms with Gasteiger partial charge in [0.15, 0.2) is 11.5 Å². The van der Waals surface area contributed by atoms with Gasteiger partial charge in [-0.05, 0) is 89.8 Å². The lowest BCUT2D eigenvalue weighted by Gasteiger charge is -2.36. The number of hydrogen-bond acceptors (Lipinski definition) is 7. The van der Waals surface area contributed by atoms with Crippen LogP contribution in [0.15, 0.2) is 59.2 Å². The number of nitrogens with zero attached hydrogens (tertiary/aromatic N) is 1. The molecule has 4 rings (SSSR count). The number of ether oxygens (including phenoxy) is 2. The Hall–Kier alpha value is -2.73. The molecule has 2 aromatic rings. The molecule has 0 saturated carbocycles. The zero-order valence-corrected chi connectivity index (χ0v) is 24.4. The third-order valence-corrected chi connectivity index (χ3v) is 8.39. The number of allylic oxidation sites excluding steroid dienone is 1. The minimum absolute atomic E-state index is 0.0948. The van der Waals surface area contributed by atoms with Crippen LogP contribution >= 0.6 is 22.6 Å². The van der Waals surface area contributed by atoms with Crippen LogP contribution < -0.4 is 9.64 Å². The number of imide groups is 1. The number of para-hydroxylation sites is 1. The molecule has 0 unspecified atom stereocenters. The van der Waals surface area contributed by atoms with Crippen molar-refractivity contribution in [2.45, 2.75) is 32.3 Å². The number of aromatic hydroxyl groups is 1. The van der Waals surface area contributed by atoms with Gasteiger partial charge in [0.25, 0.3) is 0 Å². The molecule has 4 atom stereocenters. The standard InChI is InChI=1S/C30H34INO7/c1-17(11-18-12-23(31)28(35)25(13-18)39-3)9-10-24(34)26-19(16-38-2)14-21-27(22(26)15-33)30(37)32(29(21)36)20-7-5-4-6-8-20/h4-8,11-13,21-22,24,27,33-35H,9-10,14-16H2,1-3H3/b17-11+/t21-,22+,24-,27-/m1/s1. The highest BCUT2D eigenvalue weighted by Gasteiger charge is 2.55. The van der Waals surface area contributed by atoms with Crippen LogP contribution in [0, 0.1) is 21.3 Å². The maximum atomic E-state index is 13.5. The zero-order chi connectivity index (χ0) is 28.3. The number of hydrogen-bond donors (Lipinski definition) is 3. The number of carbonyl (C=O) groups is 2. The highest BCUT2D eigenvalue weighted by atomic mass is 127. The van der Waals surface area contributed by atoms with Crippen molar-refractivity contribution in [1.29, 1.82) is 0 Å². The molecule has 8 nitrogen and oxygen atoms in total. The average Bonchev–Trinajstić information content (AvgIpc) is 3.18. The first-order valence-electron chi connectivity index (χ1n) is 12.9. The Balaban J connectivity index is 1.57. The SMILES string of the molecule is COCC1=C([C@H](O)CC/C(C)=C/c2cc(I)c(O)c(OC)c2)[C@H](CO)[C@@H]2C(=O)N(c3ccccc3)C(=O)[C@@H]2C1. The number of rotatable bonds is 10. The Morgan fingerprint density at radius 1 is 1.18 bits per heavy atom. The monoisotopic (exact) mass is 647 g/mol. The first kappa shape index (κ1) is 29.3. The Bertz CT molecular complexity index is 1290. The van der Waals surface area contributed by atoms with E-state index in [9.17, 15) is 24.9 Å². The lowest BCUT2D eigenvalue weighted by molar-refractivity contribution is -0.123. The minimum Gasteiger partial charge on any atom is -0.504 e. The van der Waals surface area contributed by atoms with Gasteiger partial charge in [-0.15, -0.1) is 0 Å². The Kier molecular flexibility index (Phi) is 9.47. The van der Waals surface area contributed by atoms with Crippen molar-refractivity contribution >= 4 is 46.2 Å². The number of aliphatic hydroxyl groups excluding tert-OH is 2. The van der Waals surface area contributed by atoms with Crippen molar-refractivity contribution in [2.75, 3.05) is 32.3 Å². The average molecular weight is 648 g/mol. The molecule has 1 fully saturated rings. The number of benzene rings is 2. The molecule has 0 spiro atoms. The summed E-state index contributed by atoms with van der Waals surface area (Å²) in [7, 11) is 3.05. The number of phenols is 1. The van der Waals surface area contributed by atoms with Crippen molar-refractivity contribution < 1.29 is 34.4 Å². The summed E-state index contributed by atoms with van der Waals surface area (Å²) in [6, 6.07) is 12.4. The molecular weight excluding hydrogens is 613 g/mol. The van der Waals surface area contributed by atoms with Crippen molar-refractivity contribution in [3.05, 3.63) is 68.3 Å². The van der Waals surface area contributed by atoms with Gasteiger partial charge in [0.2, 0.25) is 11.8 Å². The van der Waals surface area contributed by atoms with Gasteiger partial charge in [-0.3, -0.25) is 14.5 Å². The van der Waals surface area contributed by atoms with Crippen LogP contribution in [0.5, 0.6) is 11.5 Å². The predicted molar refractivity (Wildman–Crippen MR) is 156 cm³/mol. The third kappa shape index (κ3) is 5.91. The fourth-order valence-corrected chi connectivity index (χ4v) is 6.43. The van der Waals surface area contributed by atoms with Crippen LogP contribution in [0.1, 0.15) is 31.7 Å². The molecule has 3 N–H and O–H groups in total. The van der Waals surface area contributed by atoms with Gasteiger partial charge < -0.3 is 24.8 Å². The summed E-state index contributed by atoms with van der Waals surface area (Å²) in [6.07, 6.45) is 2.28.